The Balaban J connectivity index is 1.67. The van der Waals surface area contributed by atoms with Crippen LogP contribution in [0.15, 0.2) is 60.9 Å². The van der Waals surface area contributed by atoms with Gasteiger partial charge in [-0.2, -0.15) is 0 Å². The Kier molecular flexibility index (Phi) is 24.1. The predicted molar refractivity (Wildman–Crippen MR) is 289 cm³/mol. The molecule has 0 fully saturated rings. The number of aromatic nitrogens is 2. The maximum Gasteiger partial charge on any atom is 0.328 e. The van der Waals surface area contributed by atoms with Crippen molar-refractivity contribution in [3.05, 3.63) is 72.1 Å². The van der Waals surface area contributed by atoms with Gasteiger partial charge < -0.3 is 84.4 Å². The molecule has 0 aliphatic rings. The number of carboxylic acid groups (broad SMARTS) is 2. The summed E-state index contributed by atoms with van der Waals surface area (Å²) in [6, 6.07) is -0.0663. The monoisotopic (exact) mass is 1120 g/mol. The third kappa shape index (κ3) is 19.2. The summed E-state index contributed by atoms with van der Waals surface area (Å²) >= 11 is 0. The lowest BCUT2D eigenvalue weighted by molar-refractivity contribution is -0.145. The molecule has 0 aliphatic carbocycles. The lowest BCUT2D eigenvalue weighted by Gasteiger charge is -2.28. The van der Waals surface area contributed by atoms with Crippen molar-refractivity contribution in [3.63, 3.8) is 0 Å². The molecule has 10 atom stereocenters. The van der Waals surface area contributed by atoms with Gasteiger partial charge in [-0.15, -0.1) is 0 Å². The molecule has 4 aromatic rings. The van der Waals surface area contributed by atoms with E-state index in [-0.39, 0.29) is 37.5 Å². The van der Waals surface area contributed by atoms with Crippen LogP contribution in [0.3, 0.4) is 0 Å². The molecule has 0 aliphatic heterocycles. The van der Waals surface area contributed by atoms with Crippen molar-refractivity contribution in [2.75, 3.05) is 6.61 Å². The Bertz CT molecular complexity index is 2860. The third-order valence-corrected chi connectivity index (χ3v) is 12.7. The van der Waals surface area contributed by atoms with Crippen LogP contribution >= 0.6 is 0 Å². The summed E-state index contributed by atoms with van der Waals surface area (Å²) in [5.74, 6) is -12.4. The number of aliphatic hydroxyl groups excluding tert-OH is 2. The Hall–Kier alpha value is -8.43. The van der Waals surface area contributed by atoms with Crippen LogP contribution in [0.2, 0.25) is 0 Å². The van der Waals surface area contributed by atoms with Crippen molar-refractivity contribution in [2.45, 2.75) is 147 Å². The third-order valence-electron chi connectivity index (χ3n) is 12.7. The number of carboxylic acids is 2. The van der Waals surface area contributed by atoms with Gasteiger partial charge in [-0.1, -0.05) is 64.1 Å². The van der Waals surface area contributed by atoms with E-state index in [1.54, 1.807) is 88.6 Å². The molecule has 2 aromatic carbocycles. The van der Waals surface area contributed by atoms with Crippen LogP contribution in [0, 0.1) is 11.8 Å². The Morgan fingerprint density at radius 1 is 0.512 bits per heavy atom. The molecular weight excluding hydrogens is 1040 g/mol. The molecule has 4 rings (SSSR count). The quantitative estimate of drug-likeness (QED) is 0.0250. The number of hydrogen-bond donors (Lipinski definition) is 16. The van der Waals surface area contributed by atoms with Crippen LogP contribution < -0.4 is 54.0 Å². The summed E-state index contributed by atoms with van der Waals surface area (Å²) in [6.07, 6.45) is -0.808. The highest BCUT2D eigenvalue weighted by molar-refractivity contribution is 5.99. The van der Waals surface area contributed by atoms with E-state index in [9.17, 15) is 73.2 Å². The number of carbonyl (C=O) groups excluding carboxylic acids is 9. The molecule has 9 amide bonds. The predicted octanol–water partition coefficient (Wildman–Crippen LogP) is -2.05. The molecular formula is C53H74N12O15. The number of hydrogen-bond acceptors (Lipinski definition) is 14. The minimum atomic E-state index is -1.85. The number of para-hydroxylation sites is 2. The molecule has 0 spiro atoms. The maximum atomic E-state index is 14.6. The van der Waals surface area contributed by atoms with Crippen molar-refractivity contribution in [1.82, 2.24) is 52.5 Å². The summed E-state index contributed by atoms with van der Waals surface area (Å²) in [5.41, 5.74) is 13.3. The summed E-state index contributed by atoms with van der Waals surface area (Å²) in [4.78, 5) is 153. The van der Waals surface area contributed by atoms with Gasteiger partial charge in [-0.05, 0) is 68.2 Å². The Morgan fingerprint density at radius 2 is 0.887 bits per heavy atom. The maximum absolute atomic E-state index is 14.6. The van der Waals surface area contributed by atoms with Crippen LogP contribution in [0.1, 0.15) is 84.8 Å². The second kappa shape index (κ2) is 30.1. The van der Waals surface area contributed by atoms with Gasteiger partial charge in [0.05, 0.1) is 25.2 Å². The van der Waals surface area contributed by atoms with Gasteiger partial charge in [0.2, 0.25) is 53.2 Å². The van der Waals surface area contributed by atoms with E-state index in [4.69, 9.17) is 11.5 Å². The number of rotatable bonds is 32. The molecule has 10 unspecified atom stereocenters. The summed E-state index contributed by atoms with van der Waals surface area (Å²) in [7, 11) is 0. The van der Waals surface area contributed by atoms with E-state index < -0.39 is 151 Å². The van der Waals surface area contributed by atoms with Crippen LogP contribution in [-0.2, 0) is 65.6 Å². The number of aromatic amines is 2. The van der Waals surface area contributed by atoms with Crippen molar-refractivity contribution >= 4 is 86.9 Å². The SMILES string of the molecule is CC(C)CC(NC(=O)C(C)N)C(=O)NC(CC(=O)O)C(=O)NC(Cc1c[nH]c2ccccc12)C(=O)NC(CO)C(=O)NC(Cc1c[nH]c2ccccc12)C(=O)NC(CC(C)C)C(=O)NC(CCC(N)=O)C(=O)NC(C(=O)O)C(C)O. The number of fused-ring (bicyclic) bond motifs is 2. The van der Waals surface area contributed by atoms with E-state index in [0.717, 1.165) is 6.92 Å². The van der Waals surface area contributed by atoms with E-state index in [2.05, 4.69) is 52.5 Å². The first kappa shape index (κ1) is 64.1. The first-order chi connectivity index (χ1) is 37.7. The lowest BCUT2D eigenvalue weighted by Crippen LogP contribution is -2.61. The molecule has 0 radical (unpaired) electrons. The summed E-state index contributed by atoms with van der Waals surface area (Å²) in [5, 5.41) is 60.9. The highest BCUT2D eigenvalue weighted by Crippen LogP contribution is 2.21. The second-order valence-corrected chi connectivity index (χ2v) is 20.5. The minimum absolute atomic E-state index is 0.0700. The highest BCUT2D eigenvalue weighted by atomic mass is 16.4. The molecule has 27 heteroatoms. The zero-order valence-corrected chi connectivity index (χ0v) is 45.3. The average Bonchev–Trinajstić information content (AvgIpc) is 4.07. The van der Waals surface area contributed by atoms with Crippen molar-refractivity contribution < 1.29 is 73.2 Å². The van der Waals surface area contributed by atoms with Gasteiger partial charge >= 0.3 is 11.9 Å². The molecule has 436 valence electrons. The molecule has 0 bridgehead atoms. The molecule has 0 saturated carbocycles. The number of aliphatic hydroxyl groups is 2. The van der Waals surface area contributed by atoms with Crippen molar-refractivity contribution in [1.29, 1.82) is 0 Å². The number of aliphatic carboxylic acids is 2. The van der Waals surface area contributed by atoms with Gasteiger partial charge in [0.25, 0.3) is 0 Å². The van der Waals surface area contributed by atoms with Gasteiger partial charge in [0, 0.05) is 53.5 Å². The fourth-order valence-electron chi connectivity index (χ4n) is 8.58. The fraction of sp³-hybridized carbons (Fsp3) is 0.491. The normalized spacial score (nSPS) is 15.1. The Labute approximate surface area is 460 Å². The van der Waals surface area contributed by atoms with Gasteiger partial charge in [0.1, 0.15) is 42.3 Å². The number of nitrogens with one attached hydrogen (secondary N) is 10. The smallest absolute Gasteiger partial charge is 0.328 e. The van der Waals surface area contributed by atoms with E-state index >= 15 is 0 Å². The standard InChI is InChI=1S/C53H74N12O15/c1-25(2)17-36(59-45(71)27(5)54)48(74)63-40(21-43(69)70)51(77)61-39(20-30-23-57-34-14-10-8-12-32(30)34)50(76)64-41(24-66)52(78)62-38(19-29-22-56-33-13-9-7-11-31(29)33)49(75)60-37(18-26(3)4)47(73)58-35(15-16-42(55)68)46(72)65-44(28(6)67)53(79)80/h7-14,22-23,25-28,35-41,44,56-57,66-67H,15-21,24,54H2,1-6H3,(H2,55,68)(H,58,73)(H,59,71)(H,60,75)(H,61,77)(H,62,78)(H,63,74)(H,64,76)(H,65,72)(H,69,70)(H,79,80). The second-order valence-electron chi connectivity index (χ2n) is 20.5. The van der Waals surface area contributed by atoms with Crippen LogP contribution in [0.25, 0.3) is 21.8 Å². The highest BCUT2D eigenvalue weighted by Gasteiger charge is 2.37. The largest absolute Gasteiger partial charge is 0.481 e. The average molecular weight is 1120 g/mol. The summed E-state index contributed by atoms with van der Waals surface area (Å²) in [6.45, 7) is 8.38. The number of primary amides is 1. The first-order valence-corrected chi connectivity index (χ1v) is 26.0. The molecule has 80 heavy (non-hydrogen) atoms. The first-order valence-electron chi connectivity index (χ1n) is 26.0. The van der Waals surface area contributed by atoms with Crippen LogP contribution in [-0.4, -0.2) is 163 Å². The van der Waals surface area contributed by atoms with Gasteiger partial charge in [-0.3, -0.25) is 47.9 Å². The molecule has 2 heterocycles. The minimum Gasteiger partial charge on any atom is -0.481 e. The lowest BCUT2D eigenvalue weighted by atomic mass is 9.99. The topological polar surface area (TPSA) is 449 Å². The molecule has 0 saturated heterocycles. The fourth-order valence-corrected chi connectivity index (χ4v) is 8.58. The van der Waals surface area contributed by atoms with Crippen LogP contribution in [0.4, 0.5) is 0 Å². The molecule has 2 aromatic heterocycles. The van der Waals surface area contributed by atoms with Gasteiger partial charge in [-0.25, -0.2) is 4.79 Å². The number of carbonyl (C=O) groups is 11. The number of amides is 9. The zero-order valence-electron chi connectivity index (χ0n) is 45.3. The number of nitrogens with two attached hydrogens (primary N) is 2. The van der Waals surface area contributed by atoms with E-state index in [0.29, 0.717) is 32.9 Å². The van der Waals surface area contributed by atoms with Crippen LogP contribution in [0.5, 0.6) is 0 Å². The van der Waals surface area contributed by atoms with E-state index in [1.807, 2.05) is 0 Å². The van der Waals surface area contributed by atoms with E-state index in [1.165, 1.54) is 6.92 Å². The van der Waals surface area contributed by atoms with Gasteiger partial charge in [0.15, 0.2) is 6.04 Å². The summed E-state index contributed by atoms with van der Waals surface area (Å²) < 4.78 is 0. The number of H-pyrrole nitrogens is 2. The van der Waals surface area contributed by atoms with Crippen molar-refractivity contribution in [3.8, 4) is 0 Å². The Morgan fingerprint density at radius 3 is 1.30 bits per heavy atom. The molecule has 18 N–H and O–H groups in total. The zero-order chi connectivity index (χ0) is 59.5. The molecule has 27 nitrogen and oxygen atoms in total. The number of benzene rings is 2. The van der Waals surface area contributed by atoms with Crippen molar-refractivity contribution in [2.24, 2.45) is 23.3 Å².